The molecule has 1 aromatic carbocycles. The third-order valence-corrected chi connectivity index (χ3v) is 4.26. The second kappa shape index (κ2) is 9.83. The third-order valence-electron chi connectivity index (χ3n) is 4.26. The number of aliphatic hydroxyl groups is 1. The number of hydrogen-bond acceptors (Lipinski definition) is 7. The number of alkyl halides is 3. The van der Waals surface area contributed by atoms with Gasteiger partial charge in [0.05, 0.1) is 18.3 Å². The van der Waals surface area contributed by atoms with Crippen molar-refractivity contribution in [2.24, 2.45) is 0 Å². The summed E-state index contributed by atoms with van der Waals surface area (Å²) in [7, 11) is 0. The van der Waals surface area contributed by atoms with E-state index in [1.807, 2.05) is 6.07 Å². The van der Waals surface area contributed by atoms with E-state index < -0.39 is 31.2 Å². The first-order chi connectivity index (χ1) is 14.5. The van der Waals surface area contributed by atoms with Crippen molar-refractivity contribution >= 4 is 11.9 Å². The summed E-state index contributed by atoms with van der Waals surface area (Å²) in [4.78, 5) is 15.4. The van der Waals surface area contributed by atoms with Crippen LogP contribution in [0.1, 0.15) is 17.4 Å². The summed E-state index contributed by atoms with van der Waals surface area (Å²) < 4.78 is 42.8. The van der Waals surface area contributed by atoms with E-state index in [0.717, 1.165) is 16.8 Å². The van der Waals surface area contributed by atoms with Gasteiger partial charge in [0.2, 0.25) is 6.39 Å². The van der Waals surface area contributed by atoms with E-state index in [9.17, 15) is 23.1 Å². The summed E-state index contributed by atoms with van der Waals surface area (Å²) in [5.74, 6) is -1.63. The number of rotatable bonds is 9. The zero-order valence-corrected chi connectivity index (χ0v) is 15.5. The van der Waals surface area contributed by atoms with Gasteiger partial charge < -0.3 is 20.2 Å². The molecule has 2 atom stereocenters. The van der Waals surface area contributed by atoms with Crippen molar-refractivity contribution < 1.29 is 27.5 Å². The van der Waals surface area contributed by atoms with Crippen LogP contribution in [0, 0.1) is 0 Å². The number of halogens is 3. The molecular weight excluding hydrogens is 403 g/mol. The largest absolute Gasteiger partial charge is 0.411 e. The fourth-order valence-electron chi connectivity index (χ4n) is 2.67. The average Bonchev–Trinajstić information content (AvgIpc) is 3.29. The molecule has 0 aliphatic carbocycles. The van der Waals surface area contributed by atoms with Crippen LogP contribution in [-0.2, 0) is 11.3 Å². The molecule has 0 saturated heterocycles. The monoisotopic (exact) mass is 421 g/mol. The van der Waals surface area contributed by atoms with Crippen LogP contribution < -0.4 is 10.6 Å². The maximum absolute atomic E-state index is 13.1. The number of carbonyl (C=O) groups excluding carboxylic acids is 1. The van der Waals surface area contributed by atoms with Crippen LogP contribution in [-0.4, -0.2) is 45.3 Å². The number of aliphatic hydroxyl groups excluding tert-OH is 1. The molecule has 0 spiro atoms. The first-order valence-corrected chi connectivity index (χ1v) is 8.85. The van der Waals surface area contributed by atoms with Gasteiger partial charge in [0.25, 0.3) is 5.91 Å². The van der Waals surface area contributed by atoms with Crippen LogP contribution in [0.15, 0.2) is 53.4 Å². The number of amides is 1. The molecule has 158 valence electrons. The maximum Gasteiger partial charge on any atom is 0.315 e. The Hall–Kier alpha value is -3.47. The van der Waals surface area contributed by atoms with Gasteiger partial charge in [-0.15, -0.1) is 5.10 Å². The zero-order chi connectivity index (χ0) is 21.5. The number of aromatic nitrogens is 3. The van der Waals surface area contributed by atoms with Crippen molar-refractivity contribution in [3.05, 3.63) is 60.2 Å². The van der Waals surface area contributed by atoms with Gasteiger partial charge in [0, 0.05) is 11.8 Å². The normalized spacial score (nSPS) is 13.1. The number of nitrogens with one attached hydrogen (secondary N) is 2. The Morgan fingerprint density at radius 1 is 1.13 bits per heavy atom. The Kier molecular flexibility index (Phi) is 6.96. The van der Waals surface area contributed by atoms with Gasteiger partial charge in [-0.25, -0.2) is 4.39 Å². The molecule has 0 radical (unpaired) electrons. The van der Waals surface area contributed by atoms with Gasteiger partial charge in [0.1, 0.15) is 12.8 Å². The highest BCUT2D eigenvalue weighted by Crippen LogP contribution is 2.24. The first-order valence-electron chi connectivity index (χ1n) is 8.85. The number of hydrogen-bond donors (Lipinski definition) is 3. The average molecular weight is 421 g/mol. The number of carbonyl (C=O) groups is 1. The Balaban J connectivity index is 1.63. The molecule has 0 aliphatic heterocycles. The quantitative estimate of drug-likeness (QED) is 0.487. The summed E-state index contributed by atoms with van der Waals surface area (Å²) in [6.45, 7) is -0.799. The predicted octanol–water partition coefficient (Wildman–Crippen LogP) is 2.50. The van der Waals surface area contributed by atoms with E-state index in [1.54, 1.807) is 29.7 Å². The molecule has 3 N–H and O–H groups in total. The molecule has 1 amide bonds. The van der Waals surface area contributed by atoms with Crippen molar-refractivity contribution in [3.63, 3.8) is 0 Å². The minimum absolute atomic E-state index is 0.282. The molecule has 2 aromatic heterocycles. The van der Waals surface area contributed by atoms with Crippen LogP contribution in [0.5, 0.6) is 0 Å². The van der Waals surface area contributed by atoms with Gasteiger partial charge in [-0.1, -0.05) is 35.4 Å². The summed E-state index contributed by atoms with van der Waals surface area (Å²) >= 11 is 0. The standard InChI is InChI=1S/C19H18F3N5O3/c20-7-15(26-18(29)17(21)22)16(28)12-3-1-11(2-4-12)13-5-6-14(23-8-13)9-24-19-27-25-10-30-19/h1-6,8,10,15-17,28H,7,9H2,(H,24,27)(H,26,29)/t15-,16-/m1/s1. The molecule has 3 rings (SSSR count). The van der Waals surface area contributed by atoms with Gasteiger partial charge in [0.15, 0.2) is 0 Å². The molecule has 0 saturated carbocycles. The number of nitrogens with zero attached hydrogens (tertiary/aromatic N) is 3. The second-order valence-electron chi connectivity index (χ2n) is 6.27. The van der Waals surface area contributed by atoms with Crippen molar-refractivity contribution in [3.8, 4) is 11.1 Å². The molecule has 2 heterocycles. The van der Waals surface area contributed by atoms with E-state index in [0.29, 0.717) is 6.54 Å². The minimum Gasteiger partial charge on any atom is -0.411 e. The highest BCUT2D eigenvalue weighted by atomic mass is 19.3. The molecule has 30 heavy (non-hydrogen) atoms. The van der Waals surface area contributed by atoms with E-state index in [1.165, 1.54) is 18.5 Å². The predicted molar refractivity (Wildman–Crippen MR) is 100 cm³/mol. The Bertz CT molecular complexity index is 937. The SMILES string of the molecule is O=C(N[C@H](CF)[C@H](O)c1ccc(-c2ccc(CNc3nnco3)nc2)cc1)C(F)F. The van der Waals surface area contributed by atoms with Gasteiger partial charge in [-0.2, -0.15) is 8.78 Å². The summed E-state index contributed by atoms with van der Waals surface area (Å²) in [6.07, 6.45) is -1.89. The fourth-order valence-corrected chi connectivity index (χ4v) is 2.67. The lowest BCUT2D eigenvalue weighted by molar-refractivity contribution is -0.133. The smallest absolute Gasteiger partial charge is 0.315 e. The molecule has 0 unspecified atom stereocenters. The van der Waals surface area contributed by atoms with Crippen molar-refractivity contribution in [1.82, 2.24) is 20.5 Å². The second-order valence-corrected chi connectivity index (χ2v) is 6.27. The highest BCUT2D eigenvalue weighted by molar-refractivity contribution is 5.79. The molecule has 0 aliphatic rings. The van der Waals surface area contributed by atoms with E-state index in [-0.39, 0.29) is 11.6 Å². The van der Waals surface area contributed by atoms with Crippen LogP contribution in [0.25, 0.3) is 11.1 Å². The Morgan fingerprint density at radius 2 is 1.87 bits per heavy atom. The molecule has 3 aromatic rings. The van der Waals surface area contributed by atoms with Crippen LogP contribution in [0.4, 0.5) is 19.2 Å². The Morgan fingerprint density at radius 3 is 2.43 bits per heavy atom. The lowest BCUT2D eigenvalue weighted by Crippen LogP contribution is -2.43. The lowest BCUT2D eigenvalue weighted by Gasteiger charge is -2.22. The van der Waals surface area contributed by atoms with Gasteiger partial charge in [-0.05, 0) is 17.2 Å². The molecular formula is C19H18F3N5O3. The zero-order valence-electron chi connectivity index (χ0n) is 15.5. The van der Waals surface area contributed by atoms with Crippen molar-refractivity contribution in [2.75, 3.05) is 12.0 Å². The molecule has 11 heteroatoms. The molecule has 0 fully saturated rings. The van der Waals surface area contributed by atoms with E-state index in [4.69, 9.17) is 4.42 Å². The third kappa shape index (κ3) is 5.32. The van der Waals surface area contributed by atoms with Crippen molar-refractivity contribution in [2.45, 2.75) is 25.1 Å². The number of anilines is 1. The van der Waals surface area contributed by atoms with Crippen LogP contribution in [0.3, 0.4) is 0 Å². The fraction of sp³-hybridized carbons (Fsp3) is 0.263. The number of benzene rings is 1. The van der Waals surface area contributed by atoms with Gasteiger partial charge in [-0.3, -0.25) is 9.78 Å². The van der Waals surface area contributed by atoms with Crippen molar-refractivity contribution in [1.29, 1.82) is 0 Å². The highest BCUT2D eigenvalue weighted by Gasteiger charge is 2.26. The van der Waals surface area contributed by atoms with Gasteiger partial charge >= 0.3 is 12.4 Å². The topological polar surface area (TPSA) is 113 Å². The van der Waals surface area contributed by atoms with E-state index >= 15 is 0 Å². The number of pyridine rings is 1. The minimum atomic E-state index is -3.29. The van der Waals surface area contributed by atoms with E-state index in [2.05, 4.69) is 20.5 Å². The molecule has 0 bridgehead atoms. The summed E-state index contributed by atoms with van der Waals surface area (Å²) in [5.41, 5.74) is 2.60. The maximum atomic E-state index is 13.1. The van der Waals surface area contributed by atoms with Crippen LogP contribution in [0.2, 0.25) is 0 Å². The summed E-state index contributed by atoms with van der Waals surface area (Å²) in [5, 5.41) is 22.2. The lowest BCUT2D eigenvalue weighted by atomic mass is 9.99. The van der Waals surface area contributed by atoms with Crippen LogP contribution >= 0.6 is 0 Å². The molecule has 8 nitrogen and oxygen atoms in total. The first kappa shape index (κ1) is 21.2. The Labute approximate surface area is 169 Å². The summed E-state index contributed by atoms with van der Waals surface area (Å²) in [6, 6.07) is 8.88.